The van der Waals surface area contributed by atoms with Crippen molar-refractivity contribution in [3.63, 3.8) is 0 Å². The second kappa shape index (κ2) is 9.30. The van der Waals surface area contributed by atoms with Crippen LogP contribution in [0.25, 0.3) is 0 Å². The van der Waals surface area contributed by atoms with Gasteiger partial charge in [-0.25, -0.2) is 4.98 Å². The molecule has 0 saturated heterocycles. The third kappa shape index (κ3) is 5.64. The molecule has 1 atom stereocenters. The minimum absolute atomic E-state index is 0.238. The van der Waals surface area contributed by atoms with Gasteiger partial charge in [0.2, 0.25) is 5.88 Å². The predicted octanol–water partition coefficient (Wildman–Crippen LogP) is 4.49. The summed E-state index contributed by atoms with van der Waals surface area (Å²) in [5, 5.41) is 12.9. The summed E-state index contributed by atoms with van der Waals surface area (Å²) in [7, 11) is 0. The number of pyridine rings is 1. The molecule has 3 aromatic rings. The number of aliphatic hydroxyl groups excluding tert-OH is 1. The number of rotatable bonds is 7. The summed E-state index contributed by atoms with van der Waals surface area (Å²) in [5.74, 6) is 0.837. The van der Waals surface area contributed by atoms with Gasteiger partial charge in [0, 0.05) is 23.3 Å². The van der Waals surface area contributed by atoms with Gasteiger partial charge in [0.1, 0.15) is 5.75 Å². The Bertz CT molecular complexity index is 868. The van der Waals surface area contributed by atoms with Crippen LogP contribution in [-0.2, 0) is 0 Å². The van der Waals surface area contributed by atoms with Crippen LogP contribution in [0, 0.1) is 0 Å². The first-order valence-corrected chi connectivity index (χ1v) is 9.32. The lowest BCUT2D eigenvalue weighted by Gasteiger charge is -2.11. The van der Waals surface area contributed by atoms with Crippen molar-refractivity contribution >= 4 is 21.8 Å². The molecule has 138 valence electrons. The van der Waals surface area contributed by atoms with Gasteiger partial charge in [-0.15, -0.1) is 0 Å². The van der Waals surface area contributed by atoms with Crippen LogP contribution in [0.2, 0.25) is 0 Å². The lowest BCUT2D eigenvalue weighted by atomic mass is 10.1. The molecule has 27 heavy (non-hydrogen) atoms. The van der Waals surface area contributed by atoms with E-state index in [1.165, 1.54) is 6.20 Å². The monoisotopic (exact) mass is 426 g/mol. The van der Waals surface area contributed by atoms with E-state index in [4.69, 9.17) is 4.74 Å². The van der Waals surface area contributed by atoms with Crippen molar-refractivity contribution in [3.05, 3.63) is 88.5 Å². The summed E-state index contributed by atoms with van der Waals surface area (Å²) in [4.78, 5) is 16.4. The maximum atomic E-state index is 12.2. The van der Waals surface area contributed by atoms with Crippen molar-refractivity contribution in [3.8, 4) is 11.6 Å². The number of halogens is 1. The summed E-state index contributed by atoms with van der Waals surface area (Å²) >= 11 is 3.37. The van der Waals surface area contributed by atoms with Gasteiger partial charge in [0.25, 0.3) is 5.91 Å². The number of carbonyl (C=O) groups is 1. The molecule has 0 radical (unpaired) electrons. The molecule has 0 aliphatic rings. The van der Waals surface area contributed by atoms with Gasteiger partial charge in [-0.1, -0.05) is 46.3 Å². The van der Waals surface area contributed by atoms with Crippen molar-refractivity contribution in [2.45, 2.75) is 12.5 Å². The van der Waals surface area contributed by atoms with Crippen molar-refractivity contribution in [1.29, 1.82) is 0 Å². The van der Waals surface area contributed by atoms with Crippen molar-refractivity contribution in [2.24, 2.45) is 0 Å². The molecule has 2 aromatic carbocycles. The van der Waals surface area contributed by atoms with E-state index < -0.39 is 6.10 Å². The Morgan fingerprint density at radius 1 is 1.07 bits per heavy atom. The molecule has 0 unspecified atom stereocenters. The molecule has 1 amide bonds. The Morgan fingerprint density at radius 3 is 2.48 bits per heavy atom. The van der Waals surface area contributed by atoms with Gasteiger partial charge in [-0.3, -0.25) is 4.79 Å². The van der Waals surface area contributed by atoms with Crippen molar-refractivity contribution in [2.75, 3.05) is 6.54 Å². The van der Waals surface area contributed by atoms with Gasteiger partial charge >= 0.3 is 0 Å². The zero-order valence-corrected chi connectivity index (χ0v) is 16.1. The molecule has 0 bridgehead atoms. The third-order valence-electron chi connectivity index (χ3n) is 3.92. The van der Waals surface area contributed by atoms with Crippen LogP contribution in [0.15, 0.2) is 77.4 Å². The average molecular weight is 427 g/mol. The van der Waals surface area contributed by atoms with Crippen LogP contribution in [0.4, 0.5) is 0 Å². The molecular weight excluding hydrogens is 408 g/mol. The summed E-state index contributed by atoms with van der Waals surface area (Å²) in [6, 6.07) is 20.1. The molecule has 0 aliphatic heterocycles. The minimum Gasteiger partial charge on any atom is -0.439 e. The molecule has 0 saturated carbocycles. The highest BCUT2D eigenvalue weighted by Crippen LogP contribution is 2.21. The lowest BCUT2D eigenvalue weighted by Crippen LogP contribution is -2.25. The molecule has 1 aromatic heterocycles. The Hall–Kier alpha value is -2.70. The number of aromatic nitrogens is 1. The van der Waals surface area contributed by atoms with Gasteiger partial charge < -0.3 is 15.2 Å². The molecular formula is C21H19BrN2O3. The van der Waals surface area contributed by atoms with Crippen LogP contribution in [0.3, 0.4) is 0 Å². The van der Waals surface area contributed by atoms with Crippen LogP contribution < -0.4 is 10.1 Å². The molecule has 0 fully saturated rings. The topological polar surface area (TPSA) is 71.5 Å². The Labute approximate surface area is 166 Å². The normalized spacial score (nSPS) is 11.6. The van der Waals surface area contributed by atoms with Gasteiger partial charge in [0.15, 0.2) is 0 Å². The van der Waals surface area contributed by atoms with Crippen LogP contribution >= 0.6 is 15.9 Å². The summed E-state index contributed by atoms with van der Waals surface area (Å²) in [5.41, 5.74) is 1.27. The van der Waals surface area contributed by atoms with Gasteiger partial charge in [-0.2, -0.15) is 0 Å². The smallest absolute Gasteiger partial charge is 0.252 e. The summed E-state index contributed by atoms with van der Waals surface area (Å²) < 4.78 is 6.60. The number of carbonyl (C=O) groups excluding carboxylic acids is 1. The fourth-order valence-electron chi connectivity index (χ4n) is 2.46. The number of hydrogen-bond acceptors (Lipinski definition) is 4. The summed E-state index contributed by atoms with van der Waals surface area (Å²) in [6.07, 6.45) is 1.30. The maximum absolute atomic E-state index is 12.2. The van der Waals surface area contributed by atoms with Crippen molar-refractivity contribution < 1.29 is 14.6 Å². The SMILES string of the molecule is O=C(NCC[C@@H](O)c1ccccc1)c1ccc(Oc2ccc(Br)cc2)nc1. The minimum atomic E-state index is -0.605. The second-order valence-electron chi connectivity index (χ2n) is 5.91. The molecule has 6 heteroatoms. The lowest BCUT2D eigenvalue weighted by molar-refractivity contribution is 0.0942. The van der Waals surface area contributed by atoms with Crippen LogP contribution in [-0.4, -0.2) is 22.5 Å². The van der Waals surface area contributed by atoms with E-state index >= 15 is 0 Å². The van der Waals surface area contributed by atoms with Crippen LogP contribution in [0.1, 0.15) is 28.4 Å². The van der Waals surface area contributed by atoms with Crippen LogP contribution in [0.5, 0.6) is 11.6 Å². The molecule has 0 spiro atoms. The predicted molar refractivity (Wildman–Crippen MR) is 107 cm³/mol. The molecule has 0 aliphatic carbocycles. The van der Waals surface area contributed by atoms with E-state index in [9.17, 15) is 9.90 Å². The Kier molecular flexibility index (Phi) is 6.57. The zero-order chi connectivity index (χ0) is 19.1. The van der Waals surface area contributed by atoms with Crippen molar-refractivity contribution in [1.82, 2.24) is 10.3 Å². The third-order valence-corrected chi connectivity index (χ3v) is 4.45. The fraction of sp³-hybridized carbons (Fsp3) is 0.143. The highest BCUT2D eigenvalue weighted by Gasteiger charge is 2.10. The maximum Gasteiger partial charge on any atom is 0.252 e. The molecule has 2 N–H and O–H groups in total. The highest BCUT2D eigenvalue weighted by molar-refractivity contribution is 9.10. The Balaban J connectivity index is 1.49. The quantitative estimate of drug-likeness (QED) is 0.583. The Morgan fingerprint density at radius 2 is 1.81 bits per heavy atom. The van der Waals surface area contributed by atoms with E-state index in [0.717, 1.165) is 10.0 Å². The molecule has 5 nitrogen and oxygen atoms in total. The second-order valence-corrected chi connectivity index (χ2v) is 6.83. The van der Waals surface area contributed by atoms with Gasteiger partial charge in [-0.05, 0) is 42.3 Å². The first kappa shape index (κ1) is 19.1. The summed E-state index contributed by atoms with van der Waals surface area (Å²) in [6.45, 7) is 0.367. The fourth-order valence-corrected chi connectivity index (χ4v) is 2.73. The van der Waals surface area contributed by atoms with E-state index in [1.807, 2.05) is 54.6 Å². The number of nitrogens with zero attached hydrogens (tertiary/aromatic N) is 1. The largest absolute Gasteiger partial charge is 0.439 e. The van der Waals surface area contributed by atoms with E-state index in [2.05, 4.69) is 26.2 Å². The van der Waals surface area contributed by atoms with E-state index in [1.54, 1.807) is 12.1 Å². The first-order valence-electron chi connectivity index (χ1n) is 8.52. The number of benzene rings is 2. The number of hydrogen-bond donors (Lipinski definition) is 2. The van der Waals surface area contributed by atoms with E-state index in [0.29, 0.717) is 30.2 Å². The zero-order valence-electron chi connectivity index (χ0n) is 14.5. The number of ether oxygens (including phenoxy) is 1. The first-order chi connectivity index (χ1) is 13.1. The number of amides is 1. The van der Waals surface area contributed by atoms with Gasteiger partial charge in [0.05, 0.1) is 11.7 Å². The number of nitrogens with one attached hydrogen (secondary N) is 1. The standard InChI is InChI=1S/C21H19BrN2O3/c22-17-7-9-18(10-8-17)27-20-11-6-16(14-24-20)21(26)23-13-12-19(25)15-4-2-1-3-5-15/h1-11,14,19,25H,12-13H2,(H,23,26)/t19-/m1/s1. The van der Waals surface area contributed by atoms with E-state index in [-0.39, 0.29) is 5.91 Å². The molecule has 3 rings (SSSR count). The average Bonchev–Trinajstić information content (AvgIpc) is 2.71. The highest BCUT2D eigenvalue weighted by atomic mass is 79.9. The molecule has 1 heterocycles. The number of aliphatic hydroxyl groups is 1.